The van der Waals surface area contributed by atoms with Gasteiger partial charge in [-0.15, -0.1) is 0 Å². The number of carbonyl (C=O) groups is 2. The Balaban J connectivity index is 1.39. The third-order valence-electron chi connectivity index (χ3n) is 4.97. The Morgan fingerprint density at radius 2 is 1.92 bits per heavy atom. The molecule has 2 saturated heterocycles. The summed E-state index contributed by atoms with van der Waals surface area (Å²) in [5.41, 5.74) is 1.19. The van der Waals surface area contributed by atoms with E-state index in [1.807, 2.05) is 23.1 Å². The zero-order valence-corrected chi connectivity index (χ0v) is 14.1. The molecule has 0 aliphatic carbocycles. The Hall–Kier alpha value is -1.88. The highest BCUT2D eigenvalue weighted by Gasteiger charge is 2.34. The topological polar surface area (TPSA) is 58.6 Å². The van der Waals surface area contributed by atoms with E-state index >= 15 is 0 Å². The minimum atomic E-state index is -0.468. The van der Waals surface area contributed by atoms with Crippen LogP contribution in [0.25, 0.3) is 0 Å². The molecule has 5 heteroatoms. The summed E-state index contributed by atoms with van der Waals surface area (Å²) in [6, 6.07) is 10.2. The number of nitrogens with one attached hydrogen (secondary N) is 1. The van der Waals surface area contributed by atoms with Gasteiger partial charge in [-0.3, -0.25) is 9.59 Å². The zero-order chi connectivity index (χ0) is 16.8. The Morgan fingerprint density at radius 1 is 1.17 bits per heavy atom. The van der Waals surface area contributed by atoms with E-state index < -0.39 is 5.92 Å². The number of piperidine rings is 2. The van der Waals surface area contributed by atoms with Crippen LogP contribution in [0.5, 0.6) is 0 Å². The number of amides is 2. The number of nitrogens with zero attached hydrogens (tertiary/aromatic N) is 1. The van der Waals surface area contributed by atoms with Gasteiger partial charge in [0, 0.05) is 26.2 Å². The molecular weight excluding hydrogens is 304 g/mol. The fraction of sp³-hybridized carbons (Fsp3) is 0.579. The molecule has 24 heavy (non-hydrogen) atoms. The third kappa shape index (κ3) is 4.35. The van der Waals surface area contributed by atoms with Crippen LogP contribution in [0.3, 0.4) is 0 Å². The van der Waals surface area contributed by atoms with Crippen LogP contribution in [-0.2, 0) is 20.9 Å². The summed E-state index contributed by atoms with van der Waals surface area (Å²) in [5, 5.41) is 2.80. The standard InChI is InChI=1S/C19H26N2O3/c22-18-17(7-4-10-20-18)19(23)21-11-8-16(9-12-21)14-24-13-15-5-2-1-3-6-15/h1-3,5-6,16-17H,4,7-14H2,(H,20,22). The third-order valence-corrected chi connectivity index (χ3v) is 4.97. The molecular formula is C19H26N2O3. The van der Waals surface area contributed by atoms with Crippen molar-refractivity contribution < 1.29 is 14.3 Å². The summed E-state index contributed by atoms with van der Waals surface area (Å²) in [6.07, 6.45) is 3.49. The van der Waals surface area contributed by atoms with Crippen molar-refractivity contribution in [2.75, 3.05) is 26.2 Å². The van der Waals surface area contributed by atoms with Crippen molar-refractivity contribution in [1.82, 2.24) is 10.2 Å². The van der Waals surface area contributed by atoms with Gasteiger partial charge in [-0.05, 0) is 37.2 Å². The second-order valence-electron chi connectivity index (χ2n) is 6.76. The highest BCUT2D eigenvalue weighted by Crippen LogP contribution is 2.22. The average Bonchev–Trinajstić information content (AvgIpc) is 2.63. The largest absolute Gasteiger partial charge is 0.376 e. The lowest BCUT2D eigenvalue weighted by Gasteiger charge is -2.34. The number of benzene rings is 1. The molecule has 2 heterocycles. The minimum absolute atomic E-state index is 0.0100. The summed E-state index contributed by atoms with van der Waals surface area (Å²) < 4.78 is 5.82. The highest BCUT2D eigenvalue weighted by molar-refractivity contribution is 6.00. The molecule has 0 spiro atoms. The lowest BCUT2D eigenvalue weighted by atomic mass is 9.93. The Bertz CT molecular complexity index is 553. The summed E-state index contributed by atoms with van der Waals surface area (Å²) in [5.74, 6) is -0.0574. The Morgan fingerprint density at radius 3 is 2.62 bits per heavy atom. The number of carbonyl (C=O) groups excluding carboxylic acids is 2. The van der Waals surface area contributed by atoms with Gasteiger partial charge >= 0.3 is 0 Å². The molecule has 0 aromatic heterocycles. The van der Waals surface area contributed by atoms with Crippen LogP contribution in [0.2, 0.25) is 0 Å². The Labute approximate surface area is 143 Å². The second kappa shape index (κ2) is 8.29. The Kier molecular flexibility index (Phi) is 5.86. The predicted molar refractivity (Wildman–Crippen MR) is 91.1 cm³/mol. The molecule has 1 N–H and O–H groups in total. The highest BCUT2D eigenvalue weighted by atomic mass is 16.5. The normalized spacial score (nSPS) is 22.2. The monoisotopic (exact) mass is 330 g/mol. The van der Waals surface area contributed by atoms with Gasteiger partial charge < -0.3 is 15.0 Å². The molecule has 2 aliphatic rings. The predicted octanol–water partition coefficient (Wildman–Crippen LogP) is 1.97. The first-order valence-corrected chi connectivity index (χ1v) is 8.92. The van der Waals surface area contributed by atoms with Crippen molar-refractivity contribution in [2.24, 2.45) is 11.8 Å². The maximum atomic E-state index is 12.5. The number of ether oxygens (including phenoxy) is 1. The molecule has 0 saturated carbocycles. The molecule has 2 aliphatic heterocycles. The van der Waals surface area contributed by atoms with Gasteiger partial charge in [-0.1, -0.05) is 30.3 Å². The minimum Gasteiger partial charge on any atom is -0.376 e. The fourth-order valence-corrected chi connectivity index (χ4v) is 3.47. The van der Waals surface area contributed by atoms with Crippen LogP contribution >= 0.6 is 0 Å². The van der Waals surface area contributed by atoms with Crippen LogP contribution in [0.1, 0.15) is 31.2 Å². The maximum Gasteiger partial charge on any atom is 0.235 e. The van der Waals surface area contributed by atoms with Crippen molar-refractivity contribution in [3.8, 4) is 0 Å². The fourth-order valence-electron chi connectivity index (χ4n) is 3.47. The molecule has 0 radical (unpaired) electrons. The van der Waals surface area contributed by atoms with Crippen LogP contribution in [-0.4, -0.2) is 43.0 Å². The van der Waals surface area contributed by atoms with Crippen LogP contribution in [0, 0.1) is 11.8 Å². The van der Waals surface area contributed by atoms with E-state index in [1.165, 1.54) is 5.56 Å². The lowest BCUT2D eigenvalue weighted by Crippen LogP contribution is -2.49. The van der Waals surface area contributed by atoms with E-state index in [0.717, 1.165) is 39.0 Å². The lowest BCUT2D eigenvalue weighted by molar-refractivity contribution is -0.144. The smallest absolute Gasteiger partial charge is 0.235 e. The van der Waals surface area contributed by atoms with E-state index in [2.05, 4.69) is 17.4 Å². The van der Waals surface area contributed by atoms with Gasteiger partial charge in [0.05, 0.1) is 6.61 Å². The van der Waals surface area contributed by atoms with Crippen LogP contribution in [0.15, 0.2) is 30.3 Å². The van der Waals surface area contributed by atoms with Gasteiger partial charge in [0.25, 0.3) is 0 Å². The number of hydrogen-bond donors (Lipinski definition) is 1. The molecule has 2 amide bonds. The van der Waals surface area contributed by atoms with Crippen molar-refractivity contribution >= 4 is 11.8 Å². The molecule has 3 rings (SSSR count). The van der Waals surface area contributed by atoms with E-state index in [-0.39, 0.29) is 11.8 Å². The number of likely N-dealkylation sites (tertiary alicyclic amines) is 1. The van der Waals surface area contributed by atoms with Crippen molar-refractivity contribution in [2.45, 2.75) is 32.3 Å². The zero-order valence-electron chi connectivity index (χ0n) is 14.1. The van der Waals surface area contributed by atoms with Crippen LogP contribution in [0.4, 0.5) is 0 Å². The van der Waals surface area contributed by atoms with Gasteiger partial charge in [-0.25, -0.2) is 0 Å². The van der Waals surface area contributed by atoms with Gasteiger partial charge in [0.1, 0.15) is 5.92 Å². The maximum absolute atomic E-state index is 12.5. The summed E-state index contributed by atoms with van der Waals surface area (Å²) in [4.78, 5) is 26.2. The number of hydrogen-bond acceptors (Lipinski definition) is 3. The van der Waals surface area contributed by atoms with E-state index in [1.54, 1.807) is 0 Å². The summed E-state index contributed by atoms with van der Waals surface area (Å²) >= 11 is 0. The average molecular weight is 330 g/mol. The van der Waals surface area contributed by atoms with Gasteiger partial charge in [0.15, 0.2) is 0 Å². The van der Waals surface area contributed by atoms with Gasteiger partial charge in [0.2, 0.25) is 11.8 Å². The van der Waals surface area contributed by atoms with Crippen molar-refractivity contribution in [1.29, 1.82) is 0 Å². The summed E-state index contributed by atoms with van der Waals surface area (Å²) in [6.45, 7) is 3.55. The van der Waals surface area contributed by atoms with E-state index in [0.29, 0.717) is 25.5 Å². The molecule has 1 aromatic rings. The van der Waals surface area contributed by atoms with E-state index in [4.69, 9.17) is 4.74 Å². The molecule has 0 bridgehead atoms. The molecule has 2 fully saturated rings. The molecule has 130 valence electrons. The van der Waals surface area contributed by atoms with Crippen molar-refractivity contribution in [3.63, 3.8) is 0 Å². The summed E-state index contributed by atoms with van der Waals surface area (Å²) in [7, 11) is 0. The van der Waals surface area contributed by atoms with Crippen LogP contribution < -0.4 is 5.32 Å². The van der Waals surface area contributed by atoms with E-state index in [9.17, 15) is 9.59 Å². The van der Waals surface area contributed by atoms with Gasteiger partial charge in [-0.2, -0.15) is 0 Å². The SMILES string of the molecule is O=C1NCCCC1C(=O)N1CCC(COCc2ccccc2)CC1. The first kappa shape index (κ1) is 17.0. The first-order chi connectivity index (χ1) is 11.7. The molecule has 1 atom stereocenters. The van der Waals surface area contributed by atoms with Crippen molar-refractivity contribution in [3.05, 3.63) is 35.9 Å². The molecule has 5 nitrogen and oxygen atoms in total. The second-order valence-corrected chi connectivity index (χ2v) is 6.76. The molecule has 1 unspecified atom stereocenters. The first-order valence-electron chi connectivity index (χ1n) is 8.92. The molecule has 1 aromatic carbocycles. The quantitative estimate of drug-likeness (QED) is 0.840. The number of rotatable bonds is 5.